The van der Waals surface area contributed by atoms with E-state index in [1.807, 2.05) is 11.8 Å². The smallest absolute Gasteiger partial charge is 0.259 e. The van der Waals surface area contributed by atoms with Gasteiger partial charge >= 0.3 is 0 Å². The highest BCUT2D eigenvalue weighted by molar-refractivity contribution is 6.33. The first-order valence-electron chi connectivity index (χ1n) is 9.49. The molecule has 0 atom stereocenters. The molecule has 0 spiro atoms. The lowest BCUT2D eigenvalue weighted by Gasteiger charge is -2.32. The molecule has 3 rings (SSSR count). The summed E-state index contributed by atoms with van der Waals surface area (Å²) in [6.07, 6.45) is 4.55. The normalized spacial score (nSPS) is 15.0. The lowest BCUT2D eigenvalue weighted by Crippen LogP contribution is -2.43. The van der Waals surface area contributed by atoms with Crippen LogP contribution in [0.5, 0.6) is 0 Å². The molecule has 1 aromatic heterocycles. The van der Waals surface area contributed by atoms with E-state index in [9.17, 15) is 4.79 Å². The summed E-state index contributed by atoms with van der Waals surface area (Å²) in [7, 11) is 0. The molecule has 1 fully saturated rings. The molecule has 1 aliphatic rings. The standard InChI is InChI=1S/C21H28ClN3O/c1-14(2)25(18-7-5-6-8-18)21(26)19-16(4)23-24(20(19)22)13-17-11-9-15(3)10-12-17/h9-12,14,18H,5-8,13H2,1-4H3. The second-order valence-corrected chi connectivity index (χ2v) is 8.00. The number of hydrogen-bond donors (Lipinski definition) is 0. The predicted molar refractivity (Wildman–Crippen MR) is 106 cm³/mol. The van der Waals surface area contributed by atoms with Crippen molar-refractivity contribution in [2.75, 3.05) is 0 Å². The van der Waals surface area contributed by atoms with Crippen LogP contribution in [0.2, 0.25) is 5.15 Å². The second kappa shape index (κ2) is 7.83. The molecule has 1 amide bonds. The number of halogens is 1. The minimum atomic E-state index is 0.0181. The highest BCUT2D eigenvalue weighted by Crippen LogP contribution is 2.30. The van der Waals surface area contributed by atoms with Crippen molar-refractivity contribution in [3.05, 3.63) is 51.8 Å². The van der Waals surface area contributed by atoms with Crippen LogP contribution in [0.4, 0.5) is 0 Å². The first-order chi connectivity index (χ1) is 12.4. The van der Waals surface area contributed by atoms with Gasteiger partial charge < -0.3 is 4.90 Å². The van der Waals surface area contributed by atoms with Gasteiger partial charge in [0, 0.05) is 12.1 Å². The van der Waals surface area contributed by atoms with Crippen LogP contribution in [0, 0.1) is 13.8 Å². The maximum Gasteiger partial charge on any atom is 0.259 e. The largest absolute Gasteiger partial charge is 0.333 e. The van der Waals surface area contributed by atoms with Crippen molar-refractivity contribution >= 4 is 17.5 Å². The molecule has 2 aromatic rings. The van der Waals surface area contributed by atoms with Gasteiger partial charge in [-0.05, 0) is 46.1 Å². The van der Waals surface area contributed by atoms with Crippen LogP contribution in [0.25, 0.3) is 0 Å². The van der Waals surface area contributed by atoms with Gasteiger partial charge in [0.1, 0.15) is 5.15 Å². The number of amides is 1. The zero-order valence-electron chi connectivity index (χ0n) is 16.1. The van der Waals surface area contributed by atoms with Gasteiger partial charge in [-0.2, -0.15) is 5.10 Å². The van der Waals surface area contributed by atoms with Gasteiger partial charge in [-0.25, -0.2) is 4.68 Å². The summed E-state index contributed by atoms with van der Waals surface area (Å²) < 4.78 is 1.74. The van der Waals surface area contributed by atoms with Crippen LogP contribution in [0.15, 0.2) is 24.3 Å². The average Bonchev–Trinajstić information content (AvgIpc) is 3.18. The molecule has 1 heterocycles. The van der Waals surface area contributed by atoms with Crippen LogP contribution in [0.3, 0.4) is 0 Å². The van der Waals surface area contributed by atoms with Crippen molar-refractivity contribution in [3.63, 3.8) is 0 Å². The summed E-state index contributed by atoms with van der Waals surface area (Å²) in [6, 6.07) is 8.77. The van der Waals surface area contributed by atoms with Crippen LogP contribution in [-0.2, 0) is 6.54 Å². The third-order valence-corrected chi connectivity index (χ3v) is 5.63. The summed E-state index contributed by atoms with van der Waals surface area (Å²) in [5, 5.41) is 5.00. The maximum absolute atomic E-state index is 13.3. The Morgan fingerprint density at radius 3 is 2.42 bits per heavy atom. The van der Waals surface area contributed by atoms with E-state index in [1.165, 1.54) is 18.4 Å². The molecular formula is C21H28ClN3O. The summed E-state index contributed by atoms with van der Waals surface area (Å²) >= 11 is 6.61. The fourth-order valence-electron chi connectivity index (χ4n) is 3.90. The molecule has 1 aliphatic carbocycles. The molecular weight excluding hydrogens is 346 g/mol. The number of aryl methyl sites for hydroxylation is 2. The van der Waals surface area contributed by atoms with E-state index < -0.39 is 0 Å². The Bertz CT molecular complexity index is 773. The maximum atomic E-state index is 13.3. The first-order valence-corrected chi connectivity index (χ1v) is 9.87. The Morgan fingerprint density at radius 1 is 1.23 bits per heavy atom. The van der Waals surface area contributed by atoms with E-state index in [4.69, 9.17) is 11.6 Å². The van der Waals surface area contributed by atoms with Gasteiger partial charge in [-0.15, -0.1) is 0 Å². The van der Waals surface area contributed by atoms with Crippen molar-refractivity contribution < 1.29 is 4.79 Å². The molecule has 4 nitrogen and oxygen atoms in total. The van der Waals surface area contributed by atoms with E-state index in [1.54, 1.807) is 4.68 Å². The van der Waals surface area contributed by atoms with Crippen LogP contribution in [-0.4, -0.2) is 32.7 Å². The van der Waals surface area contributed by atoms with Gasteiger partial charge in [0.2, 0.25) is 0 Å². The van der Waals surface area contributed by atoms with Gasteiger partial charge in [0.25, 0.3) is 5.91 Å². The van der Waals surface area contributed by atoms with Gasteiger partial charge in [-0.1, -0.05) is 54.3 Å². The van der Waals surface area contributed by atoms with E-state index in [0.29, 0.717) is 29.0 Å². The minimum Gasteiger partial charge on any atom is -0.333 e. The molecule has 0 bridgehead atoms. The molecule has 0 saturated heterocycles. The average molecular weight is 374 g/mol. The molecule has 0 radical (unpaired) electrons. The molecule has 26 heavy (non-hydrogen) atoms. The Labute approximate surface area is 161 Å². The molecule has 1 saturated carbocycles. The number of benzene rings is 1. The summed E-state index contributed by atoms with van der Waals surface area (Å²) in [6.45, 7) is 8.66. The first kappa shape index (κ1) is 19.0. The Balaban J connectivity index is 1.88. The third kappa shape index (κ3) is 3.80. The zero-order valence-corrected chi connectivity index (χ0v) is 16.9. The summed E-state index contributed by atoms with van der Waals surface area (Å²) in [4.78, 5) is 15.3. The highest BCUT2D eigenvalue weighted by Gasteiger charge is 2.32. The lowest BCUT2D eigenvalue weighted by molar-refractivity contribution is 0.0613. The quantitative estimate of drug-likeness (QED) is 0.740. The molecule has 140 valence electrons. The summed E-state index contributed by atoms with van der Waals surface area (Å²) in [5.74, 6) is 0.0181. The van der Waals surface area contributed by atoms with Crippen LogP contribution in [0.1, 0.15) is 66.7 Å². The molecule has 0 unspecified atom stereocenters. The summed E-state index contributed by atoms with van der Waals surface area (Å²) in [5.41, 5.74) is 3.60. The van der Waals surface area contributed by atoms with E-state index in [2.05, 4.69) is 50.1 Å². The highest BCUT2D eigenvalue weighted by atomic mass is 35.5. The number of carbonyl (C=O) groups is 1. The fraction of sp³-hybridized carbons (Fsp3) is 0.524. The second-order valence-electron chi connectivity index (χ2n) is 7.64. The number of hydrogen-bond acceptors (Lipinski definition) is 2. The lowest BCUT2D eigenvalue weighted by atomic mass is 10.1. The number of nitrogens with zero attached hydrogens (tertiary/aromatic N) is 3. The molecule has 0 aliphatic heterocycles. The monoisotopic (exact) mass is 373 g/mol. The van der Waals surface area contributed by atoms with Crippen LogP contribution >= 0.6 is 11.6 Å². The van der Waals surface area contributed by atoms with Crippen molar-refractivity contribution in [2.45, 2.75) is 72.0 Å². The van der Waals surface area contributed by atoms with Crippen molar-refractivity contribution in [1.29, 1.82) is 0 Å². The van der Waals surface area contributed by atoms with Crippen LogP contribution < -0.4 is 0 Å². The zero-order chi connectivity index (χ0) is 18.8. The minimum absolute atomic E-state index is 0.0181. The number of rotatable bonds is 5. The topological polar surface area (TPSA) is 38.1 Å². The fourth-order valence-corrected chi connectivity index (χ4v) is 4.22. The Hall–Kier alpha value is -1.81. The Morgan fingerprint density at radius 2 is 1.85 bits per heavy atom. The molecule has 0 N–H and O–H groups in total. The SMILES string of the molecule is Cc1ccc(Cn2nc(C)c(C(=O)N(C(C)C)C3CCCC3)c2Cl)cc1. The van der Waals surface area contributed by atoms with Crippen molar-refractivity contribution in [2.24, 2.45) is 0 Å². The third-order valence-electron chi connectivity index (χ3n) is 5.24. The number of carbonyl (C=O) groups excluding carboxylic acids is 1. The van der Waals surface area contributed by atoms with E-state index in [0.717, 1.165) is 18.4 Å². The van der Waals surface area contributed by atoms with Crippen molar-refractivity contribution in [3.8, 4) is 0 Å². The van der Waals surface area contributed by atoms with Gasteiger partial charge in [0.15, 0.2) is 0 Å². The molecule has 1 aromatic carbocycles. The van der Waals surface area contributed by atoms with Gasteiger partial charge in [0.05, 0.1) is 17.8 Å². The number of aromatic nitrogens is 2. The van der Waals surface area contributed by atoms with E-state index in [-0.39, 0.29) is 11.9 Å². The van der Waals surface area contributed by atoms with E-state index >= 15 is 0 Å². The molecule has 5 heteroatoms. The Kier molecular flexibility index (Phi) is 5.71. The van der Waals surface area contributed by atoms with Gasteiger partial charge in [-0.3, -0.25) is 4.79 Å². The predicted octanol–water partition coefficient (Wildman–Crippen LogP) is 4.99. The van der Waals surface area contributed by atoms with Crippen molar-refractivity contribution in [1.82, 2.24) is 14.7 Å².